The van der Waals surface area contributed by atoms with Crippen LogP contribution in [-0.2, 0) is 20.0 Å². The molecule has 0 heterocycles. The summed E-state index contributed by atoms with van der Waals surface area (Å²) < 4.78 is 79.0. The van der Waals surface area contributed by atoms with E-state index in [0.717, 1.165) is 6.07 Å². The topological polar surface area (TPSA) is 92.3 Å². The lowest BCUT2D eigenvalue weighted by atomic mass is 10.3. The van der Waals surface area contributed by atoms with Crippen LogP contribution in [0.15, 0.2) is 52.3 Å². The van der Waals surface area contributed by atoms with Gasteiger partial charge in [-0.25, -0.2) is 30.3 Å². The zero-order valence-electron chi connectivity index (χ0n) is 13.3. The normalized spacial score (nSPS) is 12.4. The molecule has 0 unspecified atom stereocenters. The van der Waals surface area contributed by atoms with Crippen molar-refractivity contribution in [3.8, 4) is 0 Å². The predicted molar refractivity (Wildman–Crippen MR) is 89.1 cm³/mol. The first-order valence-corrected chi connectivity index (χ1v) is 10.1. The summed E-state index contributed by atoms with van der Waals surface area (Å²) in [7, 11) is -7.84. The lowest BCUT2D eigenvalue weighted by Gasteiger charge is -2.11. The highest BCUT2D eigenvalue weighted by Crippen LogP contribution is 2.20. The van der Waals surface area contributed by atoms with E-state index >= 15 is 0 Å². The van der Waals surface area contributed by atoms with Gasteiger partial charge in [0.25, 0.3) is 10.0 Å². The first-order chi connectivity index (χ1) is 11.5. The Bertz CT molecular complexity index is 973. The quantitative estimate of drug-likeness (QED) is 0.792. The number of anilines is 1. The summed E-state index contributed by atoms with van der Waals surface area (Å²) in [5.74, 6) is -2.45. The van der Waals surface area contributed by atoms with Gasteiger partial charge in [0.05, 0.1) is 9.79 Å². The van der Waals surface area contributed by atoms with Gasteiger partial charge >= 0.3 is 0 Å². The molecule has 0 atom stereocenters. The van der Waals surface area contributed by atoms with Gasteiger partial charge in [0.15, 0.2) is 11.6 Å². The molecule has 25 heavy (non-hydrogen) atoms. The summed E-state index contributed by atoms with van der Waals surface area (Å²) in [6, 6.07) is 6.86. The Morgan fingerprint density at radius 3 is 1.88 bits per heavy atom. The molecule has 6 nitrogen and oxygen atoms in total. The van der Waals surface area contributed by atoms with Gasteiger partial charge < -0.3 is 0 Å². The third-order valence-electron chi connectivity index (χ3n) is 3.01. The molecule has 0 spiro atoms. The van der Waals surface area contributed by atoms with Crippen LogP contribution >= 0.6 is 0 Å². The van der Waals surface area contributed by atoms with Crippen molar-refractivity contribution >= 4 is 25.7 Å². The molecule has 10 heteroatoms. The number of halogens is 2. The van der Waals surface area contributed by atoms with Crippen molar-refractivity contribution in [2.24, 2.45) is 0 Å². The molecule has 0 aliphatic carbocycles. The molecule has 136 valence electrons. The van der Waals surface area contributed by atoms with E-state index in [0.29, 0.717) is 12.1 Å². The van der Waals surface area contributed by atoms with Crippen molar-refractivity contribution in [3.05, 3.63) is 54.1 Å². The average Bonchev–Trinajstić information content (AvgIpc) is 2.48. The standard InChI is InChI=1S/C15H16F2N2O4S2/c1-10(2)18-24(20,21)12-5-3-11(4-6-12)19-25(22,23)13-7-8-14(16)15(17)9-13/h3-10,18-19H,1-2H3. The van der Waals surface area contributed by atoms with E-state index in [1.54, 1.807) is 13.8 Å². The molecule has 2 aromatic rings. The molecular weight excluding hydrogens is 374 g/mol. The maximum absolute atomic E-state index is 13.2. The second-order valence-corrected chi connectivity index (χ2v) is 8.88. The highest BCUT2D eigenvalue weighted by Gasteiger charge is 2.18. The summed E-state index contributed by atoms with van der Waals surface area (Å²) in [5.41, 5.74) is 0.0771. The predicted octanol–water partition coefficient (Wildman–Crippen LogP) is 2.45. The fourth-order valence-corrected chi connectivity index (χ4v) is 4.26. The number of benzene rings is 2. The molecular formula is C15H16F2N2O4S2. The zero-order valence-corrected chi connectivity index (χ0v) is 15.0. The molecule has 2 rings (SSSR count). The third kappa shape index (κ3) is 4.74. The Morgan fingerprint density at radius 1 is 0.800 bits per heavy atom. The summed E-state index contributed by atoms with van der Waals surface area (Å²) in [6.45, 7) is 3.34. The molecule has 0 fully saturated rings. The first-order valence-electron chi connectivity index (χ1n) is 7.11. The van der Waals surface area contributed by atoms with Gasteiger partial charge in [0.1, 0.15) is 0 Å². The van der Waals surface area contributed by atoms with Crippen molar-refractivity contribution in [2.45, 2.75) is 29.7 Å². The van der Waals surface area contributed by atoms with E-state index in [-0.39, 0.29) is 16.6 Å². The Balaban J connectivity index is 2.24. The summed E-state index contributed by atoms with van der Waals surface area (Å²) >= 11 is 0. The molecule has 0 aromatic heterocycles. The molecule has 2 N–H and O–H groups in total. The van der Waals surface area contributed by atoms with Gasteiger partial charge in [0.2, 0.25) is 10.0 Å². The van der Waals surface area contributed by atoms with Gasteiger partial charge in [-0.1, -0.05) is 0 Å². The van der Waals surface area contributed by atoms with Crippen molar-refractivity contribution in [1.29, 1.82) is 0 Å². The molecule has 0 bridgehead atoms. The van der Waals surface area contributed by atoms with Crippen LogP contribution in [0.25, 0.3) is 0 Å². The van der Waals surface area contributed by atoms with Crippen LogP contribution in [0.5, 0.6) is 0 Å². The molecule has 0 aliphatic heterocycles. The average molecular weight is 390 g/mol. The van der Waals surface area contributed by atoms with E-state index in [1.165, 1.54) is 24.3 Å². The van der Waals surface area contributed by atoms with E-state index < -0.39 is 36.6 Å². The largest absolute Gasteiger partial charge is 0.280 e. The SMILES string of the molecule is CC(C)NS(=O)(=O)c1ccc(NS(=O)(=O)c2ccc(F)c(F)c2)cc1. The van der Waals surface area contributed by atoms with E-state index in [1.807, 2.05) is 0 Å². The second kappa shape index (κ2) is 7.06. The number of hydrogen-bond donors (Lipinski definition) is 2. The van der Waals surface area contributed by atoms with E-state index in [4.69, 9.17) is 0 Å². The molecule has 2 aromatic carbocycles. The monoisotopic (exact) mass is 390 g/mol. The highest BCUT2D eigenvalue weighted by molar-refractivity contribution is 7.92. The minimum atomic E-state index is -4.14. The van der Waals surface area contributed by atoms with Crippen LogP contribution in [0, 0.1) is 11.6 Å². The summed E-state index contributed by atoms with van der Waals surface area (Å²) in [5, 5.41) is 0. The lowest BCUT2D eigenvalue weighted by molar-refractivity contribution is 0.504. The molecule has 0 aliphatic rings. The molecule has 0 saturated heterocycles. The fourth-order valence-electron chi connectivity index (χ4n) is 1.94. The molecule has 0 saturated carbocycles. The maximum Gasteiger partial charge on any atom is 0.261 e. The minimum Gasteiger partial charge on any atom is -0.280 e. The Morgan fingerprint density at radius 2 is 1.36 bits per heavy atom. The van der Waals surface area contributed by atoms with Crippen molar-refractivity contribution in [2.75, 3.05) is 4.72 Å². The molecule has 0 amide bonds. The van der Waals surface area contributed by atoms with Crippen LogP contribution in [-0.4, -0.2) is 22.9 Å². The van der Waals surface area contributed by atoms with Gasteiger partial charge in [-0.2, -0.15) is 0 Å². The number of sulfonamides is 2. The summed E-state index contributed by atoms with van der Waals surface area (Å²) in [6.07, 6.45) is 0. The number of hydrogen-bond acceptors (Lipinski definition) is 4. The summed E-state index contributed by atoms with van der Waals surface area (Å²) in [4.78, 5) is -0.485. The fraction of sp³-hybridized carbons (Fsp3) is 0.200. The Hall–Kier alpha value is -2.04. The van der Waals surface area contributed by atoms with Crippen molar-refractivity contribution in [3.63, 3.8) is 0 Å². The Kier molecular flexibility index (Phi) is 5.45. The minimum absolute atomic E-state index is 0.0306. The van der Waals surface area contributed by atoms with E-state index in [2.05, 4.69) is 9.44 Å². The van der Waals surface area contributed by atoms with Crippen LogP contribution in [0.2, 0.25) is 0 Å². The highest BCUT2D eigenvalue weighted by atomic mass is 32.2. The zero-order chi connectivity index (χ0) is 18.8. The van der Waals surface area contributed by atoms with Crippen LogP contribution in [0.3, 0.4) is 0 Å². The maximum atomic E-state index is 13.2. The first kappa shape index (κ1) is 19.3. The van der Waals surface area contributed by atoms with Crippen molar-refractivity contribution in [1.82, 2.24) is 4.72 Å². The third-order valence-corrected chi connectivity index (χ3v) is 6.06. The Labute approximate surface area is 145 Å². The second-order valence-electron chi connectivity index (χ2n) is 5.48. The number of rotatable bonds is 6. The smallest absolute Gasteiger partial charge is 0.261 e. The van der Waals surface area contributed by atoms with Gasteiger partial charge in [-0.05, 0) is 56.3 Å². The van der Waals surface area contributed by atoms with Gasteiger partial charge in [0, 0.05) is 11.7 Å². The van der Waals surface area contributed by atoms with Crippen LogP contribution in [0.4, 0.5) is 14.5 Å². The molecule has 0 radical (unpaired) electrons. The van der Waals surface area contributed by atoms with E-state index in [9.17, 15) is 25.6 Å². The van der Waals surface area contributed by atoms with Gasteiger partial charge in [-0.3, -0.25) is 4.72 Å². The van der Waals surface area contributed by atoms with Crippen LogP contribution in [0.1, 0.15) is 13.8 Å². The van der Waals surface area contributed by atoms with Crippen LogP contribution < -0.4 is 9.44 Å². The van der Waals surface area contributed by atoms with Crippen molar-refractivity contribution < 1.29 is 25.6 Å². The van der Waals surface area contributed by atoms with Gasteiger partial charge in [-0.15, -0.1) is 0 Å². The number of nitrogens with one attached hydrogen (secondary N) is 2. The lowest BCUT2D eigenvalue weighted by Crippen LogP contribution is -2.30.